The minimum atomic E-state index is -0.717. The number of likely N-dealkylation sites (N-methyl/N-ethyl adjacent to an activating group) is 1. The quantitative estimate of drug-likeness (QED) is 0.851. The molecule has 0 bridgehead atoms. The maximum Gasteiger partial charge on any atom is 0.244 e. The molecule has 0 spiro atoms. The molecule has 22 heavy (non-hydrogen) atoms. The van der Waals surface area contributed by atoms with Crippen molar-refractivity contribution < 1.29 is 13.6 Å². The molecule has 1 N–H and O–H groups in total. The highest BCUT2D eigenvalue weighted by atomic mass is 32.1. The van der Waals surface area contributed by atoms with Crippen molar-refractivity contribution in [3.63, 3.8) is 0 Å². The highest BCUT2D eigenvalue weighted by Gasteiger charge is 2.40. The molecule has 2 unspecified atom stereocenters. The maximum absolute atomic E-state index is 13.6. The van der Waals surface area contributed by atoms with Gasteiger partial charge in [-0.3, -0.25) is 9.69 Å². The summed E-state index contributed by atoms with van der Waals surface area (Å²) >= 11 is 1.07. The second-order valence-electron chi connectivity index (χ2n) is 5.56. The van der Waals surface area contributed by atoms with E-state index in [1.807, 2.05) is 19.0 Å². The predicted molar refractivity (Wildman–Crippen MR) is 82.1 cm³/mol. The number of halogens is 2. The van der Waals surface area contributed by atoms with Gasteiger partial charge >= 0.3 is 0 Å². The summed E-state index contributed by atoms with van der Waals surface area (Å²) in [5, 5.41) is 2.98. The van der Waals surface area contributed by atoms with Gasteiger partial charge in [0.05, 0.1) is 4.70 Å². The number of anilines is 1. The molecule has 3 rings (SSSR count). The highest BCUT2D eigenvalue weighted by molar-refractivity contribution is 7.22. The Hall–Kier alpha value is -1.64. The molecule has 0 aliphatic carbocycles. The minimum absolute atomic E-state index is 0.0851. The van der Waals surface area contributed by atoms with Gasteiger partial charge in [0.15, 0.2) is 10.9 Å². The molecule has 2 atom stereocenters. The second kappa shape index (κ2) is 5.86. The number of rotatable bonds is 5. The van der Waals surface area contributed by atoms with Crippen LogP contribution >= 0.6 is 11.3 Å². The summed E-state index contributed by atoms with van der Waals surface area (Å²) in [6.07, 6.45) is 0. The first-order chi connectivity index (χ1) is 10.4. The number of aromatic nitrogens is 1. The number of amides is 1. The van der Waals surface area contributed by atoms with E-state index in [0.717, 1.165) is 30.5 Å². The topological polar surface area (TPSA) is 48.2 Å². The van der Waals surface area contributed by atoms with Gasteiger partial charge in [-0.25, -0.2) is 13.8 Å². The van der Waals surface area contributed by atoms with Gasteiger partial charge in [0.2, 0.25) is 5.91 Å². The molecule has 2 aromatic rings. The number of nitrogens with zero attached hydrogens (tertiary/aromatic N) is 3. The van der Waals surface area contributed by atoms with Crippen molar-refractivity contribution >= 4 is 32.6 Å². The van der Waals surface area contributed by atoms with E-state index < -0.39 is 11.6 Å². The lowest BCUT2D eigenvalue weighted by molar-refractivity contribution is -0.116. The Morgan fingerprint density at radius 1 is 1.50 bits per heavy atom. The van der Waals surface area contributed by atoms with Gasteiger partial charge in [0, 0.05) is 25.7 Å². The van der Waals surface area contributed by atoms with Gasteiger partial charge in [0.25, 0.3) is 0 Å². The predicted octanol–water partition coefficient (Wildman–Crippen LogP) is 1.76. The standard InChI is InChI=1S/C14H16F2N4OS/c1-19(2)3-4-20-7-10(20)13(21)18-14-17-12-9(16)5-8(15)6-11(12)22-14/h5-6,10H,3-4,7H2,1-2H3,(H,17,18,21). The first-order valence-electron chi connectivity index (χ1n) is 6.89. The van der Waals surface area contributed by atoms with E-state index in [-0.39, 0.29) is 17.5 Å². The average molecular weight is 326 g/mol. The minimum Gasteiger partial charge on any atom is -0.308 e. The third-order valence-electron chi connectivity index (χ3n) is 3.50. The molecular formula is C14H16F2N4OS. The van der Waals surface area contributed by atoms with Gasteiger partial charge in [-0.2, -0.15) is 0 Å². The van der Waals surface area contributed by atoms with Crippen LogP contribution in [0.4, 0.5) is 13.9 Å². The van der Waals surface area contributed by atoms with Crippen molar-refractivity contribution in [3.05, 3.63) is 23.8 Å². The number of benzene rings is 1. The zero-order valence-corrected chi connectivity index (χ0v) is 13.1. The molecular weight excluding hydrogens is 310 g/mol. The molecule has 1 aromatic heterocycles. The Bertz CT molecular complexity index is 718. The van der Waals surface area contributed by atoms with Crippen molar-refractivity contribution in [3.8, 4) is 0 Å². The van der Waals surface area contributed by atoms with Gasteiger partial charge in [-0.15, -0.1) is 0 Å². The fraction of sp³-hybridized carbons (Fsp3) is 0.429. The molecule has 1 fully saturated rings. The van der Waals surface area contributed by atoms with Crippen LogP contribution in [0, 0.1) is 11.6 Å². The molecule has 1 aromatic carbocycles. The highest BCUT2D eigenvalue weighted by Crippen LogP contribution is 2.29. The SMILES string of the molecule is CN(C)CCN1CC1C(=O)Nc1nc2c(F)cc(F)cc2s1. The summed E-state index contributed by atoms with van der Waals surface area (Å²) in [5.74, 6) is -1.52. The van der Waals surface area contributed by atoms with E-state index in [0.29, 0.717) is 16.4 Å². The molecule has 8 heteroatoms. The number of thiazole rings is 1. The zero-order chi connectivity index (χ0) is 15.9. The first-order valence-corrected chi connectivity index (χ1v) is 7.71. The molecule has 1 aliphatic rings. The molecule has 0 radical (unpaired) electrons. The van der Waals surface area contributed by atoms with E-state index in [2.05, 4.69) is 15.2 Å². The largest absolute Gasteiger partial charge is 0.308 e. The summed E-state index contributed by atoms with van der Waals surface area (Å²) in [5.41, 5.74) is 0.0851. The van der Waals surface area contributed by atoms with E-state index in [4.69, 9.17) is 0 Å². The van der Waals surface area contributed by atoms with Crippen LogP contribution in [0.25, 0.3) is 10.2 Å². The summed E-state index contributed by atoms with van der Waals surface area (Å²) in [7, 11) is 3.96. The molecule has 5 nitrogen and oxygen atoms in total. The zero-order valence-electron chi connectivity index (χ0n) is 12.3. The van der Waals surface area contributed by atoms with Crippen molar-refractivity contribution in [2.45, 2.75) is 6.04 Å². The molecule has 1 saturated heterocycles. The number of fused-ring (bicyclic) bond motifs is 1. The Morgan fingerprint density at radius 2 is 2.27 bits per heavy atom. The second-order valence-corrected chi connectivity index (χ2v) is 6.59. The Morgan fingerprint density at radius 3 is 3.00 bits per heavy atom. The monoisotopic (exact) mass is 326 g/mol. The molecule has 118 valence electrons. The van der Waals surface area contributed by atoms with E-state index in [1.165, 1.54) is 6.07 Å². The first kappa shape index (κ1) is 15.3. The van der Waals surface area contributed by atoms with Crippen LogP contribution in [0.15, 0.2) is 12.1 Å². The van der Waals surface area contributed by atoms with Crippen molar-refractivity contribution in [1.82, 2.24) is 14.8 Å². The molecule has 2 heterocycles. The summed E-state index contributed by atoms with van der Waals surface area (Å²) in [4.78, 5) is 20.2. The van der Waals surface area contributed by atoms with E-state index in [9.17, 15) is 13.6 Å². The number of carbonyl (C=O) groups excluding carboxylic acids is 1. The summed E-state index contributed by atoms with van der Waals surface area (Å²) in [6.45, 7) is 2.42. The normalized spacial score (nSPS) is 20.6. The molecule has 1 aliphatic heterocycles. The van der Waals surface area contributed by atoms with Crippen molar-refractivity contribution in [2.75, 3.05) is 39.0 Å². The Balaban J connectivity index is 1.64. The fourth-order valence-corrected chi connectivity index (χ4v) is 3.11. The van der Waals surface area contributed by atoms with Gasteiger partial charge in [-0.1, -0.05) is 11.3 Å². The van der Waals surface area contributed by atoms with E-state index >= 15 is 0 Å². The lowest BCUT2D eigenvalue weighted by atomic mass is 10.3. The number of hydrogen-bond donors (Lipinski definition) is 1. The summed E-state index contributed by atoms with van der Waals surface area (Å²) < 4.78 is 27.1. The van der Waals surface area contributed by atoms with Crippen LogP contribution in [0.3, 0.4) is 0 Å². The lowest BCUT2D eigenvalue weighted by Crippen LogP contribution is -2.26. The van der Waals surface area contributed by atoms with Crippen LogP contribution in [0.5, 0.6) is 0 Å². The smallest absolute Gasteiger partial charge is 0.244 e. The molecule has 1 amide bonds. The van der Waals surface area contributed by atoms with Crippen LogP contribution in [-0.2, 0) is 4.79 Å². The van der Waals surface area contributed by atoms with Crippen LogP contribution in [0.1, 0.15) is 0 Å². The number of hydrogen-bond acceptors (Lipinski definition) is 5. The van der Waals surface area contributed by atoms with Gasteiger partial charge in [-0.05, 0) is 20.2 Å². The van der Waals surface area contributed by atoms with Crippen LogP contribution in [-0.4, -0.2) is 60.5 Å². The Labute approximate surface area is 130 Å². The number of carbonyl (C=O) groups is 1. The van der Waals surface area contributed by atoms with Gasteiger partial charge < -0.3 is 10.2 Å². The van der Waals surface area contributed by atoms with Crippen LogP contribution < -0.4 is 5.32 Å². The van der Waals surface area contributed by atoms with Crippen molar-refractivity contribution in [1.29, 1.82) is 0 Å². The third kappa shape index (κ3) is 3.23. The van der Waals surface area contributed by atoms with E-state index in [1.54, 1.807) is 0 Å². The average Bonchev–Trinajstić information content (AvgIpc) is 3.10. The van der Waals surface area contributed by atoms with Crippen LogP contribution in [0.2, 0.25) is 0 Å². The lowest BCUT2D eigenvalue weighted by Gasteiger charge is -2.09. The third-order valence-corrected chi connectivity index (χ3v) is 4.41. The van der Waals surface area contributed by atoms with Crippen molar-refractivity contribution in [2.24, 2.45) is 0 Å². The Kier molecular flexibility index (Phi) is 4.07. The number of nitrogens with one attached hydrogen (secondary N) is 1. The van der Waals surface area contributed by atoms with Gasteiger partial charge in [0.1, 0.15) is 17.4 Å². The molecule has 0 saturated carbocycles. The summed E-state index contributed by atoms with van der Waals surface area (Å²) in [6, 6.07) is 1.84. The maximum atomic E-state index is 13.6. The fourth-order valence-electron chi connectivity index (χ4n) is 2.20.